The van der Waals surface area contributed by atoms with E-state index in [9.17, 15) is 14.4 Å². The molecule has 4 nitrogen and oxygen atoms in total. The van der Waals surface area contributed by atoms with Crippen LogP contribution < -0.4 is 5.32 Å². The van der Waals surface area contributed by atoms with Crippen molar-refractivity contribution in [1.29, 1.82) is 0 Å². The van der Waals surface area contributed by atoms with Gasteiger partial charge in [0, 0.05) is 37.1 Å². The normalized spacial score (nSPS) is 11.4. The Hall–Kier alpha value is -1.19. The maximum absolute atomic E-state index is 11.6. The third-order valence-electron chi connectivity index (χ3n) is 2.75. The highest BCUT2D eigenvalue weighted by atomic mass is 16.2. The Morgan fingerprint density at radius 3 is 2.00 bits per heavy atom. The molecule has 0 aliphatic carbocycles. The van der Waals surface area contributed by atoms with Crippen molar-refractivity contribution in [2.75, 3.05) is 6.54 Å². The first kappa shape index (κ1) is 16.8. The molecule has 18 heavy (non-hydrogen) atoms. The summed E-state index contributed by atoms with van der Waals surface area (Å²) in [6.07, 6.45) is 0.816. The fourth-order valence-corrected chi connectivity index (χ4v) is 1.30. The van der Waals surface area contributed by atoms with Crippen molar-refractivity contribution in [1.82, 2.24) is 5.32 Å². The van der Waals surface area contributed by atoms with Gasteiger partial charge in [0.1, 0.15) is 11.6 Å². The minimum atomic E-state index is -0.395. The molecule has 0 bridgehead atoms. The van der Waals surface area contributed by atoms with Crippen LogP contribution in [0.1, 0.15) is 53.9 Å². The van der Waals surface area contributed by atoms with Crippen LogP contribution in [0.25, 0.3) is 0 Å². The lowest BCUT2D eigenvalue weighted by Crippen LogP contribution is -2.28. The number of carbonyl (C=O) groups excluding carboxylic acids is 3. The van der Waals surface area contributed by atoms with Gasteiger partial charge >= 0.3 is 0 Å². The zero-order valence-electron chi connectivity index (χ0n) is 12.1. The van der Waals surface area contributed by atoms with Crippen LogP contribution in [0.4, 0.5) is 0 Å². The Morgan fingerprint density at radius 1 is 1.00 bits per heavy atom. The zero-order chi connectivity index (χ0) is 14.3. The van der Waals surface area contributed by atoms with Crippen molar-refractivity contribution in [3.63, 3.8) is 0 Å². The van der Waals surface area contributed by atoms with E-state index < -0.39 is 5.41 Å². The average molecular weight is 255 g/mol. The average Bonchev–Trinajstić information content (AvgIpc) is 2.24. The van der Waals surface area contributed by atoms with Gasteiger partial charge < -0.3 is 5.32 Å². The molecule has 1 amide bonds. The van der Waals surface area contributed by atoms with Crippen molar-refractivity contribution >= 4 is 17.5 Å². The van der Waals surface area contributed by atoms with E-state index >= 15 is 0 Å². The van der Waals surface area contributed by atoms with Crippen molar-refractivity contribution in [3.05, 3.63) is 0 Å². The summed E-state index contributed by atoms with van der Waals surface area (Å²) in [5, 5.41) is 2.66. The molecule has 0 aliphatic heterocycles. The highest BCUT2D eigenvalue weighted by molar-refractivity contribution is 5.88. The van der Waals surface area contributed by atoms with Gasteiger partial charge in [-0.3, -0.25) is 14.4 Å². The van der Waals surface area contributed by atoms with E-state index in [-0.39, 0.29) is 36.2 Å². The van der Waals surface area contributed by atoms with Crippen LogP contribution in [0, 0.1) is 11.3 Å². The fraction of sp³-hybridized carbons (Fsp3) is 0.786. The molecular weight excluding hydrogens is 230 g/mol. The van der Waals surface area contributed by atoms with E-state index in [2.05, 4.69) is 5.32 Å². The molecule has 0 fully saturated rings. The lowest BCUT2D eigenvalue weighted by molar-refractivity contribution is -0.129. The zero-order valence-corrected chi connectivity index (χ0v) is 12.1. The summed E-state index contributed by atoms with van der Waals surface area (Å²) in [4.78, 5) is 34.4. The number of ketones is 2. The van der Waals surface area contributed by atoms with Gasteiger partial charge in [0.05, 0.1) is 0 Å². The number of amides is 1. The Bertz CT molecular complexity index is 313. The summed E-state index contributed by atoms with van der Waals surface area (Å²) in [6.45, 7) is 9.56. The van der Waals surface area contributed by atoms with Crippen molar-refractivity contribution in [3.8, 4) is 0 Å². The van der Waals surface area contributed by atoms with E-state index in [0.717, 1.165) is 0 Å². The lowest BCUT2D eigenvalue weighted by atomic mass is 9.88. The molecule has 0 aromatic carbocycles. The summed E-state index contributed by atoms with van der Waals surface area (Å²) >= 11 is 0. The lowest BCUT2D eigenvalue weighted by Gasteiger charge is -2.16. The quantitative estimate of drug-likeness (QED) is 0.758. The number of hydrogen-bond donors (Lipinski definition) is 1. The Morgan fingerprint density at radius 2 is 1.56 bits per heavy atom. The van der Waals surface area contributed by atoms with Crippen molar-refractivity contribution in [2.24, 2.45) is 11.3 Å². The molecule has 4 heteroatoms. The maximum atomic E-state index is 11.6. The Labute approximate surface area is 110 Å². The largest absolute Gasteiger partial charge is 0.356 e. The monoisotopic (exact) mass is 255 g/mol. The molecule has 0 spiro atoms. The molecule has 0 aromatic rings. The smallest absolute Gasteiger partial charge is 0.220 e. The highest BCUT2D eigenvalue weighted by Crippen LogP contribution is 2.17. The molecule has 0 heterocycles. The number of hydrogen-bond acceptors (Lipinski definition) is 3. The predicted octanol–water partition coefficient (Wildman–Crippen LogP) is 2.11. The maximum Gasteiger partial charge on any atom is 0.220 e. The molecule has 0 unspecified atom stereocenters. The summed E-state index contributed by atoms with van der Waals surface area (Å²) < 4.78 is 0. The van der Waals surface area contributed by atoms with Gasteiger partial charge in [0.25, 0.3) is 0 Å². The summed E-state index contributed by atoms with van der Waals surface area (Å²) in [5.74, 6) is 0.0606. The minimum absolute atomic E-state index is 0.00405. The first-order valence-corrected chi connectivity index (χ1v) is 6.47. The van der Waals surface area contributed by atoms with Crippen molar-refractivity contribution < 1.29 is 14.4 Å². The van der Waals surface area contributed by atoms with Crippen LogP contribution in [0.3, 0.4) is 0 Å². The number of carbonyl (C=O) groups is 3. The second-order valence-electron chi connectivity index (χ2n) is 5.89. The molecular formula is C14H25NO3. The van der Waals surface area contributed by atoms with E-state index in [1.165, 1.54) is 0 Å². The summed E-state index contributed by atoms with van der Waals surface area (Å²) in [7, 11) is 0. The van der Waals surface area contributed by atoms with Crippen LogP contribution in [0.5, 0.6) is 0 Å². The van der Waals surface area contributed by atoms with Crippen LogP contribution in [0.15, 0.2) is 0 Å². The molecule has 0 atom stereocenters. The number of Topliss-reactive ketones (excluding diaryl/α,β-unsaturated/α-hetero) is 2. The van der Waals surface area contributed by atoms with Crippen LogP contribution >= 0.6 is 0 Å². The summed E-state index contributed by atoms with van der Waals surface area (Å²) in [6, 6.07) is 0. The third kappa shape index (κ3) is 7.20. The highest BCUT2D eigenvalue weighted by Gasteiger charge is 2.21. The molecule has 0 aromatic heterocycles. The Balaban J connectivity index is 3.80. The SMILES string of the molecule is CC(C)C(=O)CCNC(=O)CCC(=O)C(C)(C)C. The molecule has 1 N–H and O–H groups in total. The van der Waals surface area contributed by atoms with E-state index in [0.29, 0.717) is 13.0 Å². The van der Waals surface area contributed by atoms with Gasteiger partial charge in [0.15, 0.2) is 0 Å². The molecule has 0 saturated heterocycles. The van der Waals surface area contributed by atoms with Gasteiger partial charge in [-0.1, -0.05) is 34.6 Å². The first-order chi connectivity index (χ1) is 8.14. The molecule has 104 valence electrons. The molecule has 0 rings (SSSR count). The minimum Gasteiger partial charge on any atom is -0.356 e. The number of nitrogens with one attached hydrogen (secondary N) is 1. The predicted molar refractivity (Wildman–Crippen MR) is 71.2 cm³/mol. The second kappa shape index (κ2) is 7.29. The molecule has 0 radical (unpaired) electrons. The van der Waals surface area contributed by atoms with Crippen LogP contribution in [0.2, 0.25) is 0 Å². The molecule has 0 aliphatic rings. The fourth-order valence-electron chi connectivity index (χ4n) is 1.30. The van der Waals surface area contributed by atoms with Crippen molar-refractivity contribution in [2.45, 2.75) is 53.9 Å². The third-order valence-corrected chi connectivity index (χ3v) is 2.75. The van der Waals surface area contributed by atoms with Crippen LogP contribution in [-0.2, 0) is 14.4 Å². The topological polar surface area (TPSA) is 63.2 Å². The number of rotatable bonds is 7. The summed E-state index contributed by atoms with van der Waals surface area (Å²) in [5.41, 5.74) is -0.395. The van der Waals surface area contributed by atoms with Gasteiger partial charge in [-0.15, -0.1) is 0 Å². The standard InChI is InChI=1S/C14H25NO3/c1-10(2)11(16)8-9-15-13(18)7-6-12(17)14(3,4)5/h10H,6-9H2,1-5H3,(H,15,18). The van der Waals surface area contributed by atoms with Gasteiger partial charge in [0.2, 0.25) is 5.91 Å². The van der Waals surface area contributed by atoms with E-state index in [1.807, 2.05) is 34.6 Å². The van der Waals surface area contributed by atoms with Gasteiger partial charge in [-0.2, -0.15) is 0 Å². The molecule has 0 saturated carbocycles. The Kier molecular flexibility index (Phi) is 6.81. The second-order valence-corrected chi connectivity index (χ2v) is 5.89. The van der Waals surface area contributed by atoms with E-state index in [4.69, 9.17) is 0 Å². The van der Waals surface area contributed by atoms with Gasteiger partial charge in [-0.05, 0) is 0 Å². The van der Waals surface area contributed by atoms with E-state index in [1.54, 1.807) is 0 Å². The van der Waals surface area contributed by atoms with Crippen LogP contribution in [-0.4, -0.2) is 24.0 Å². The van der Waals surface area contributed by atoms with Gasteiger partial charge in [-0.25, -0.2) is 0 Å². The first-order valence-electron chi connectivity index (χ1n) is 6.47.